The molecule has 0 unspecified atom stereocenters. The number of halogens is 1. The molecule has 0 radical (unpaired) electrons. The molecule has 2 rings (SSSR count). The van der Waals surface area contributed by atoms with Gasteiger partial charge < -0.3 is 9.64 Å². The SMILES string of the molecule is COc1nc(N2CC(C)(C)C2)ncc1Br. The van der Waals surface area contributed by atoms with E-state index in [-0.39, 0.29) is 0 Å². The van der Waals surface area contributed by atoms with Crippen LogP contribution in [0, 0.1) is 5.41 Å². The summed E-state index contributed by atoms with van der Waals surface area (Å²) in [4.78, 5) is 10.7. The van der Waals surface area contributed by atoms with Gasteiger partial charge in [-0.05, 0) is 21.3 Å². The zero-order valence-electron chi connectivity index (χ0n) is 9.12. The van der Waals surface area contributed by atoms with Crippen LogP contribution in [0.15, 0.2) is 10.7 Å². The summed E-state index contributed by atoms with van der Waals surface area (Å²) >= 11 is 3.33. The highest BCUT2D eigenvalue weighted by molar-refractivity contribution is 9.10. The monoisotopic (exact) mass is 271 g/mol. The van der Waals surface area contributed by atoms with Gasteiger partial charge in [-0.3, -0.25) is 0 Å². The van der Waals surface area contributed by atoms with Crippen LogP contribution < -0.4 is 9.64 Å². The number of anilines is 1. The lowest BCUT2D eigenvalue weighted by Crippen LogP contribution is -2.53. The average Bonchev–Trinajstić information content (AvgIpc) is 2.15. The fourth-order valence-electron chi connectivity index (χ4n) is 1.77. The summed E-state index contributed by atoms with van der Waals surface area (Å²) in [6.45, 7) is 6.47. The van der Waals surface area contributed by atoms with Crippen molar-refractivity contribution in [2.75, 3.05) is 25.1 Å². The number of ether oxygens (including phenoxy) is 1. The topological polar surface area (TPSA) is 38.2 Å². The van der Waals surface area contributed by atoms with E-state index in [9.17, 15) is 0 Å². The summed E-state index contributed by atoms with van der Waals surface area (Å²) in [5.74, 6) is 1.33. The molecule has 1 saturated heterocycles. The number of rotatable bonds is 2. The molecule has 0 N–H and O–H groups in total. The van der Waals surface area contributed by atoms with Gasteiger partial charge in [-0.1, -0.05) is 13.8 Å². The summed E-state index contributed by atoms with van der Waals surface area (Å²) in [5.41, 5.74) is 0.379. The molecule has 0 spiro atoms. The summed E-state index contributed by atoms with van der Waals surface area (Å²) < 4.78 is 5.92. The predicted octanol–water partition coefficient (Wildman–Crippen LogP) is 2.09. The van der Waals surface area contributed by atoms with Gasteiger partial charge >= 0.3 is 0 Å². The van der Waals surface area contributed by atoms with Crippen LogP contribution in [0.5, 0.6) is 5.88 Å². The fourth-order valence-corrected chi connectivity index (χ4v) is 2.12. The molecule has 82 valence electrons. The van der Waals surface area contributed by atoms with Crippen LogP contribution in [0.1, 0.15) is 13.8 Å². The van der Waals surface area contributed by atoms with E-state index >= 15 is 0 Å². The Labute approximate surface area is 97.8 Å². The quantitative estimate of drug-likeness (QED) is 0.826. The van der Waals surface area contributed by atoms with Crippen LogP contribution in [0.2, 0.25) is 0 Å². The molecule has 5 heteroatoms. The van der Waals surface area contributed by atoms with Gasteiger partial charge in [-0.15, -0.1) is 0 Å². The lowest BCUT2D eigenvalue weighted by atomic mass is 9.85. The molecule has 0 bridgehead atoms. The van der Waals surface area contributed by atoms with E-state index in [1.54, 1.807) is 13.3 Å². The van der Waals surface area contributed by atoms with Crippen molar-refractivity contribution in [1.29, 1.82) is 0 Å². The number of methoxy groups -OCH3 is 1. The Balaban J connectivity index is 2.17. The first-order chi connectivity index (χ1) is 7.02. The van der Waals surface area contributed by atoms with Crippen LogP contribution in [0.3, 0.4) is 0 Å². The molecule has 1 fully saturated rings. The van der Waals surface area contributed by atoms with Gasteiger partial charge in [-0.2, -0.15) is 4.98 Å². The molecule has 15 heavy (non-hydrogen) atoms. The van der Waals surface area contributed by atoms with Crippen molar-refractivity contribution in [3.05, 3.63) is 10.7 Å². The third-order valence-corrected chi connectivity index (χ3v) is 2.96. The Morgan fingerprint density at radius 2 is 2.13 bits per heavy atom. The Morgan fingerprint density at radius 1 is 1.47 bits per heavy atom. The first kappa shape index (κ1) is 10.7. The third kappa shape index (κ3) is 2.07. The molecule has 0 aromatic carbocycles. The fraction of sp³-hybridized carbons (Fsp3) is 0.600. The lowest BCUT2D eigenvalue weighted by Gasteiger charge is -2.45. The highest BCUT2D eigenvalue weighted by Crippen LogP contribution is 2.33. The average molecular weight is 272 g/mol. The normalized spacial score (nSPS) is 18.5. The van der Waals surface area contributed by atoms with Gasteiger partial charge in [0, 0.05) is 13.1 Å². The van der Waals surface area contributed by atoms with Crippen molar-refractivity contribution in [1.82, 2.24) is 9.97 Å². The van der Waals surface area contributed by atoms with Gasteiger partial charge in [0.15, 0.2) is 0 Å². The van der Waals surface area contributed by atoms with E-state index < -0.39 is 0 Å². The van der Waals surface area contributed by atoms with Crippen LogP contribution in [0.4, 0.5) is 5.95 Å². The van der Waals surface area contributed by atoms with E-state index in [2.05, 4.69) is 44.6 Å². The standard InChI is InChI=1S/C10H14BrN3O/c1-10(2)5-14(6-10)9-12-4-7(11)8(13-9)15-3/h4H,5-6H2,1-3H3. The van der Waals surface area contributed by atoms with Crippen molar-refractivity contribution < 1.29 is 4.74 Å². The van der Waals surface area contributed by atoms with Gasteiger partial charge in [0.1, 0.15) is 0 Å². The minimum atomic E-state index is 0.379. The highest BCUT2D eigenvalue weighted by Gasteiger charge is 2.35. The molecule has 1 aromatic heterocycles. The maximum absolute atomic E-state index is 5.13. The zero-order valence-corrected chi connectivity index (χ0v) is 10.7. The molecule has 1 aliphatic rings. The number of hydrogen-bond donors (Lipinski definition) is 0. The second-order valence-electron chi connectivity index (χ2n) is 4.55. The Morgan fingerprint density at radius 3 is 2.67 bits per heavy atom. The van der Waals surface area contributed by atoms with Gasteiger partial charge in [0.05, 0.1) is 17.8 Å². The Kier molecular flexibility index (Phi) is 2.58. The van der Waals surface area contributed by atoms with Crippen molar-refractivity contribution >= 4 is 21.9 Å². The van der Waals surface area contributed by atoms with Gasteiger partial charge in [-0.25, -0.2) is 4.98 Å². The van der Waals surface area contributed by atoms with E-state index in [1.807, 2.05) is 0 Å². The molecular weight excluding hydrogens is 258 g/mol. The smallest absolute Gasteiger partial charge is 0.232 e. The van der Waals surface area contributed by atoms with E-state index in [1.165, 1.54) is 0 Å². The Hall–Kier alpha value is -0.840. The third-order valence-electron chi connectivity index (χ3n) is 2.41. The molecule has 0 amide bonds. The summed E-state index contributed by atoms with van der Waals surface area (Å²) in [6.07, 6.45) is 1.73. The number of hydrogen-bond acceptors (Lipinski definition) is 4. The minimum Gasteiger partial charge on any atom is -0.480 e. The minimum absolute atomic E-state index is 0.379. The van der Waals surface area contributed by atoms with Crippen molar-refractivity contribution in [3.8, 4) is 5.88 Å². The largest absolute Gasteiger partial charge is 0.480 e. The summed E-state index contributed by atoms with van der Waals surface area (Å²) in [5, 5.41) is 0. The zero-order chi connectivity index (χ0) is 11.1. The molecular formula is C10H14BrN3O. The maximum Gasteiger partial charge on any atom is 0.232 e. The summed E-state index contributed by atoms with van der Waals surface area (Å²) in [6, 6.07) is 0. The second-order valence-corrected chi connectivity index (χ2v) is 5.40. The molecule has 0 aliphatic carbocycles. The van der Waals surface area contributed by atoms with Crippen LogP contribution >= 0.6 is 15.9 Å². The van der Waals surface area contributed by atoms with Crippen molar-refractivity contribution in [2.45, 2.75) is 13.8 Å². The molecule has 0 atom stereocenters. The molecule has 1 aliphatic heterocycles. The van der Waals surface area contributed by atoms with Crippen LogP contribution in [-0.2, 0) is 0 Å². The van der Waals surface area contributed by atoms with Gasteiger partial charge in [0.2, 0.25) is 11.8 Å². The van der Waals surface area contributed by atoms with Crippen LogP contribution in [-0.4, -0.2) is 30.2 Å². The number of aromatic nitrogens is 2. The number of nitrogens with zero attached hydrogens (tertiary/aromatic N) is 3. The van der Waals surface area contributed by atoms with Gasteiger partial charge in [0.25, 0.3) is 0 Å². The molecule has 0 saturated carbocycles. The first-order valence-electron chi connectivity index (χ1n) is 4.83. The predicted molar refractivity (Wildman–Crippen MR) is 62.3 cm³/mol. The first-order valence-corrected chi connectivity index (χ1v) is 5.63. The van der Waals surface area contributed by atoms with E-state index in [0.29, 0.717) is 11.3 Å². The second kappa shape index (κ2) is 3.63. The van der Waals surface area contributed by atoms with E-state index in [0.717, 1.165) is 23.5 Å². The van der Waals surface area contributed by atoms with Crippen molar-refractivity contribution in [2.24, 2.45) is 5.41 Å². The molecule has 2 heterocycles. The van der Waals surface area contributed by atoms with Crippen molar-refractivity contribution in [3.63, 3.8) is 0 Å². The molecule has 1 aromatic rings. The highest BCUT2D eigenvalue weighted by atomic mass is 79.9. The van der Waals surface area contributed by atoms with E-state index in [4.69, 9.17) is 4.74 Å². The molecule has 4 nitrogen and oxygen atoms in total. The summed E-state index contributed by atoms with van der Waals surface area (Å²) in [7, 11) is 1.61. The van der Waals surface area contributed by atoms with Crippen LogP contribution in [0.25, 0.3) is 0 Å². The lowest BCUT2D eigenvalue weighted by molar-refractivity contribution is 0.271. The maximum atomic E-state index is 5.13. The Bertz CT molecular complexity index is 373.